The van der Waals surface area contributed by atoms with Crippen molar-refractivity contribution in [2.45, 2.75) is 44.8 Å². The van der Waals surface area contributed by atoms with Gasteiger partial charge in [0.05, 0.1) is 13.2 Å². The van der Waals surface area contributed by atoms with Gasteiger partial charge in [-0.05, 0) is 55.9 Å². The van der Waals surface area contributed by atoms with Crippen LogP contribution >= 0.6 is 0 Å². The van der Waals surface area contributed by atoms with E-state index in [1.807, 2.05) is 31.2 Å². The summed E-state index contributed by atoms with van der Waals surface area (Å²) in [5.41, 5.74) is 1.93. The van der Waals surface area contributed by atoms with E-state index in [1.54, 1.807) is 13.2 Å². The standard InChI is InChI=1S/C17H23NO3/c1-12(13-3-9-16(21-2)10-4-13)11-17(20)18-14-5-7-15(19)8-6-14/h3-4,9-11,14-15,19H,5-8H2,1-2H3,(H,18,20)/b12-11+. The van der Waals surface area contributed by atoms with Gasteiger partial charge in [-0.2, -0.15) is 0 Å². The Bertz CT molecular complexity index is 499. The third-order valence-electron chi connectivity index (χ3n) is 3.94. The summed E-state index contributed by atoms with van der Waals surface area (Å²) in [4.78, 5) is 12.0. The van der Waals surface area contributed by atoms with Gasteiger partial charge in [0.25, 0.3) is 0 Å². The maximum Gasteiger partial charge on any atom is 0.244 e. The van der Waals surface area contributed by atoms with Gasteiger partial charge in [0.2, 0.25) is 5.91 Å². The lowest BCUT2D eigenvalue weighted by Crippen LogP contribution is -2.37. The SMILES string of the molecule is COc1ccc(/C(C)=C/C(=O)NC2CCC(O)CC2)cc1. The van der Waals surface area contributed by atoms with Crippen LogP contribution in [0.5, 0.6) is 5.75 Å². The largest absolute Gasteiger partial charge is 0.497 e. The van der Waals surface area contributed by atoms with Crippen LogP contribution in [0.2, 0.25) is 0 Å². The highest BCUT2D eigenvalue weighted by atomic mass is 16.5. The van der Waals surface area contributed by atoms with Crippen molar-refractivity contribution in [3.8, 4) is 5.75 Å². The molecule has 0 aliphatic heterocycles. The van der Waals surface area contributed by atoms with Gasteiger partial charge in [0, 0.05) is 12.1 Å². The first-order chi connectivity index (χ1) is 10.1. The van der Waals surface area contributed by atoms with Crippen molar-refractivity contribution in [2.75, 3.05) is 7.11 Å². The lowest BCUT2D eigenvalue weighted by molar-refractivity contribution is -0.117. The number of hydrogen-bond donors (Lipinski definition) is 2. The summed E-state index contributed by atoms with van der Waals surface area (Å²) in [6.07, 6.45) is 4.67. The molecule has 0 heterocycles. The Morgan fingerprint density at radius 2 is 1.86 bits per heavy atom. The molecule has 2 rings (SSSR count). The number of hydrogen-bond acceptors (Lipinski definition) is 3. The van der Waals surface area contributed by atoms with E-state index in [0.29, 0.717) is 0 Å². The van der Waals surface area contributed by atoms with Crippen LogP contribution in [-0.4, -0.2) is 30.3 Å². The van der Waals surface area contributed by atoms with Crippen LogP contribution in [0.3, 0.4) is 0 Å². The highest BCUT2D eigenvalue weighted by Crippen LogP contribution is 2.20. The van der Waals surface area contributed by atoms with Crippen LogP contribution in [0.25, 0.3) is 5.57 Å². The van der Waals surface area contributed by atoms with Crippen LogP contribution in [-0.2, 0) is 4.79 Å². The van der Waals surface area contributed by atoms with Crippen LogP contribution in [0, 0.1) is 0 Å². The molecular weight excluding hydrogens is 266 g/mol. The molecule has 0 spiro atoms. The second kappa shape index (κ2) is 7.27. The van der Waals surface area contributed by atoms with Crippen molar-refractivity contribution in [1.29, 1.82) is 0 Å². The van der Waals surface area contributed by atoms with E-state index in [2.05, 4.69) is 5.32 Å². The number of carbonyl (C=O) groups is 1. The smallest absolute Gasteiger partial charge is 0.244 e. The van der Waals surface area contributed by atoms with Gasteiger partial charge >= 0.3 is 0 Å². The minimum Gasteiger partial charge on any atom is -0.497 e. The Labute approximate surface area is 125 Å². The number of aliphatic hydroxyl groups is 1. The van der Waals surface area contributed by atoms with Crippen LogP contribution < -0.4 is 10.1 Å². The zero-order chi connectivity index (χ0) is 15.2. The number of aliphatic hydroxyl groups excluding tert-OH is 1. The highest BCUT2D eigenvalue weighted by molar-refractivity contribution is 5.95. The monoisotopic (exact) mass is 289 g/mol. The minimum absolute atomic E-state index is 0.0651. The summed E-state index contributed by atoms with van der Waals surface area (Å²) in [5, 5.41) is 12.5. The van der Waals surface area contributed by atoms with Gasteiger partial charge in [-0.3, -0.25) is 4.79 Å². The Kier molecular flexibility index (Phi) is 5.39. The number of nitrogens with one attached hydrogen (secondary N) is 1. The first kappa shape index (κ1) is 15.6. The Hall–Kier alpha value is -1.81. The van der Waals surface area contributed by atoms with Crippen molar-refractivity contribution < 1.29 is 14.6 Å². The van der Waals surface area contributed by atoms with Crippen molar-refractivity contribution in [2.24, 2.45) is 0 Å². The van der Waals surface area contributed by atoms with E-state index in [-0.39, 0.29) is 18.1 Å². The maximum absolute atomic E-state index is 12.0. The topological polar surface area (TPSA) is 58.6 Å². The van der Waals surface area contributed by atoms with E-state index in [9.17, 15) is 9.90 Å². The summed E-state index contributed by atoms with van der Waals surface area (Å²) in [7, 11) is 1.63. The molecule has 2 N–H and O–H groups in total. The molecule has 0 saturated heterocycles. The van der Waals surface area contributed by atoms with Crippen molar-refractivity contribution in [3.63, 3.8) is 0 Å². The first-order valence-electron chi connectivity index (χ1n) is 7.40. The summed E-state index contributed by atoms with van der Waals surface area (Å²) >= 11 is 0. The molecule has 1 aromatic rings. The number of carbonyl (C=O) groups excluding carboxylic acids is 1. The predicted molar refractivity (Wildman–Crippen MR) is 83.1 cm³/mol. The molecule has 1 fully saturated rings. The number of allylic oxidation sites excluding steroid dienone is 1. The fourth-order valence-corrected chi connectivity index (χ4v) is 2.60. The van der Waals surface area contributed by atoms with Gasteiger partial charge < -0.3 is 15.2 Å². The number of benzene rings is 1. The molecule has 114 valence electrons. The summed E-state index contributed by atoms with van der Waals surface area (Å²) in [6.45, 7) is 1.92. The molecule has 1 aromatic carbocycles. The average molecular weight is 289 g/mol. The molecule has 1 aliphatic rings. The maximum atomic E-state index is 12.0. The number of methoxy groups -OCH3 is 1. The van der Waals surface area contributed by atoms with E-state index in [1.165, 1.54) is 0 Å². The quantitative estimate of drug-likeness (QED) is 0.837. The Morgan fingerprint density at radius 3 is 2.43 bits per heavy atom. The molecule has 0 unspecified atom stereocenters. The molecule has 4 nitrogen and oxygen atoms in total. The number of rotatable bonds is 4. The van der Waals surface area contributed by atoms with Gasteiger partial charge in [0.1, 0.15) is 5.75 Å². The zero-order valence-electron chi connectivity index (χ0n) is 12.6. The van der Waals surface area contributed by atoms with Crippen molar-refractivity contribution in [1.82, 2.24) is 5.32 Å². The highest BCUT2D eigenvalue weighted by Gasteiger charge is 2.20. The lowest BCUT2D eigenvalue weighted by atomic mass is 9.93. The van der Waals surface area contributed by atoms with Crippen molar-refractivity contribution in [3.05, 3.63) is 35.9 Å². The fourth-order valence-electron chi connectivity index (χ4n) is 2.60. The molecule has 1 aliphatic carbocycles. The fraction of sp³-hybridized carbons (Fsp3) is 0.471. The molecule has 4 heteroatoms. The van der Waals surface area contributed by atoms with Crippen molar-refractivity contribution >= 4 is 11.5 Å². The van der Waals surface area contributed by atoms with Gasteiger partial charge in [-0.25, -0.2) is 0 Å². The second-order valence-corrected chi connectivity index (χ2v) is 5.57. The second-order valence-electron chi connectivity index (χ2n) is 5.57. The predicted octanol–water partition coefficient (Wildman–Crippen LogP) is 2.52. The van der Waals surface area contributed by atoms with Crippen LogP contribution in [0.4, 0.5) is 0 Å². The summed E-state index contributed by atoms with van der Waals surface area (Å²) in [5.74, 6) is 0.737. The molecule has 0 radical (unpaired) electrons. The molecule has 0 bridgehead atoms. The van der Waals surface area contributed by atoms with E-state index < -0.39 is 0 Å². The number of amides is 1. The molecule has 0 aromatic heterocycles. The lowest BCUT2D eigenvalue weighted by Gasteiger charge is -2.25. The molecular formula is C17H23NO3. The minimum atomic E-state index is -0.199. The van der Waals surface area contributed by atoms with E-state index in [4.69, 9.17) is 4.74 Å². The molecule has 1 saturated carbocycles. The first-order valence-corrected chi connectivity index (χ1v) is 7.40. The van der Waals surface area contributed by atoms with Crippen LogP contribution in [0.15, 0.2) is 30.3 Å². The Morgan fingerprint density at radius 1 is 1.24 bits per heavy atom. The van der Waals surface area contributed by atoms with Crippen LogP contribution in [0.1, 0.15) is 38.2 Å². The van der Waals surface area contributed by atoms with Gasteiger partial charge in [-0.1, -0.05) is 12.1 Å². The molecule has 1 amide bonds. The third kappa shape index (κ3) is 4.60. The average Bonchev–Trinajstić information content (AvgIpc) is 2.49. The molecule has 21 heavy (non-hydrogen) atoms. The normalized spacial score (nSPS) is 22.7. The van der Waals surface area contributed by atoms with Gasteiger partial charge in [-0.15, -0.1) is 0 Å². The summed E-state index contributed by atoms with van der Waals surface area (Å²) in [6, 6.07) is 7.82. The van der Waals surface area contributed by atoms with Gasteiger partial charge in [0.15, 0.2) is 0 Å². The summed E-state index contributed by atoms with van der Waals surface area (Å²) < 4.78 is 5.12. The third-order valence-corrected chi connectivity index (χ3v) is 3.94. The zero-order valence-corrected chi connectivity index (χ0v) is 12.6. The number of ether oxygens (including phenoxy) is 1. The van der Waals surface area contributed by atoms with E-state index in [0.717, 1.165) is 42.6 Å². The Balaban J connectivity index is 1.92. The molecule has 0 atom stereocenters. The van der Waals surface area contributed by atoms with E-state index >= 15 is 0 Å².